The Morgan fingerprint density at radius 1 is 1.31 bits per heavy atom. The van der Waals surface area contributed by atoms with Gasteiger partial charge in [0, 0.05) is 12.6 Å². The summed E-state index contributed by atoms with van der Waals surface area (Å²) in [5.74, 6) is -6.96. The third kappa shape index (κ3) is 7.27. The number of carbonyl (C=O) groups is 2. The Morgan fingerprint density at radius 2 is 1.98 bits per heavy atom. The molecule has 238 valence electrons. The Hall–Kier alpha value is -2.66. The molecule has 2 saturated heterocycles. The number of nitrogens with zero attached hydrogens (tertiary/aromatic N) is 2. The number of nitrogens with two attached hydrogens (primary N) is 1. The van der Waals surface area contributed by atoms with Gasteiger partial charge in [0.2, 0.25) is 0 Å². The van der Waals surface area contributed by atoms with Crippen LogP contribution in [0.5, 0.6) is 0 Å². The van der Waals surface area contributed by atoms with Gasteiger partial charge in [0.15, 0.2) is 12.9 Å². The molecule has 20 nitrogen and oxygen atoms in total. The maximum Gasteiger partial charge on any atom is 0.475 e. The second-order valence-electron chi connectivity index (χ2n) is 9.32. The van der Waals surface area contributed by atoms with Gasteiger partial charge in [-0.05, 0) is 6.07 Å². The first-order valence-corrected chi connectivity index (χ1v) is 13.5. The van der Waals surface area contributed by atoms with Crippen molar-refractivity contribution in [1.82, 2.24) is 14.9 Å². The van der Waals surface area contributed by atoms with Crippen LogP contribution in [0, 0.1) is 0 Å². The molecule has 1 aromatic rings. The Labute approximate surface area is 234 Å². The zero-order chi connectivity index (χ0) is 31.6. The Morgan fingerprint density at radius 3 is 2.55 bits per heavy atom. The molecule has 0 radical (unpaired) electrons. The van der Waals surface area contributed by atoms with Crippen molar-refractivity contribution in [2.24, 2.45) is 0 Å². The maximum absolute atomic E-state index is 12.8. The Bertz CT molecular complexity index is 1240. The number of phosphoric acid groups is 1. The lowest BCUT2D eigenvalue weighted by Crippen LogP contribution is -2.68. The number of aromatic nitrogens is 2. The molecule has 1 unspecified atom stereocenters. The van der Waals surface area contributed by atoms with Crippen LogP contribution >= 0.6 is 7.82 Å². The number of alkyl halides is 1. The number of carbonyl (C=O) groups excluding carboxylic acids is 1. The van der Waals surface area contributed by atoms with Crippen molar-refractivity contribution >= 4 is 25.5 Å². The van der Waals surface area contributed by atoms with E-state index in [0.29, 0.717) is 0 Å². The quantitative estimate of drug-likeness (QED) is 0.0963. The molecule has 2 aliphatic heterocycles. The monoisotopic (exact) mass is 631 g/mol. The molecular weight excluding hydrogens is 601 g/mol. The van der Waals surface area contributed by atoms with Crippen LogP contribution < -0.4 is 16.7 Å². The molecule has 2 aliphatic rings. The van der Waals surface area contributed by atoms with Gasteiger partial charge in [0.25, 0.3) is 11.7 Å². The standard InChI is InChI=1S/C20H30FN4O16P/c21-4-11(29)24-12-7(27)3-20(18(33)34,40-16(12)13(30)8(28)5-26)41-42(36,37)38-6-9-14(31)15(32)17(39-9)25-2-1-10(22)23-19(25)35/h1-2,7-9,12-17,26-28,30-32H,3-6H2,(H,24,29)(H,33,34)(H,36,37)(H2,22,23,35)/t7-,8+,9+,12+,13-,14+,15+,16+,17+,20-/m0/s1/i21-1. The minimum absolute atomic E-state index is 0.151. The number of aliphatic carboxylic acids is 1. The fourth-order valence-corrected chi connectivity index (χ4v) is 5.26. The SMILES string of the molecule is Nc1ccn([C@@H]2O[C@H](COP(=O)(O)O[C@]3(C(=O)O)C[C@H](O)[C@@H](NC(=O)C[18F])[C@H]([C@@H](O)[C@H](O)CO)O3)[C@@H](O)[C@H]2O)c(=O)n1. The van der Waals surface area contributed by atoms with Crippen molar-refractivity contribution in [1.29, 1.82) is 0 Å². The first-order chi connectivity index (χ1) is 19.6. The van der Waals surface area contributed by atoms with E-state index in [1.807, 2.05) is 5.32 Å². The molecule has 2 fully saturated rings. The number of carboxylic acid groups (broad SMARTS) is 1. The molecule has 1 aromatic heterocycles. The summed E-state index contributed by atoms with van der Waals surface area (Å²) < 4.78 is 46.3. The summed E-state index contributed by atoms with van der Waals surface area (Å²) in [6.07, 6.45) is -15.4. The average Bonchev–Trinajstić information content (AvgIpc) is 3.20. The van der Waals surface area contributed by atoms with E-state index in [1.54, 1.807) is 0 Å². The minimum atomic E-state index is -5.58. The summed E-state index contributed by atoms with van der Waals surface area (Å²) in [6.45, 7) is -3.79. The molecule has 42 heavy (non-hydrogen) atoms. The predicted molar refractivity (Wildman–Crippen MR) is 129 cm³/mol. The number of anilines is 1. The number of aliphatic hydroxyl groups is 6. The number of carboxylic acids is 1. The van der Waals surface area contributed by atoms with Crippen LogP contribution in [0.1, 0.15) is 12.6 Å². The first-order valence-electron chi connectivity index (χ1n) is 12.0. The zero-order valence-electron chi connectivity index (χ0n) is 21.3. The van der Waals surface area contributed by atoms with Crippen molar-refractivity contribution < 1.29 is 77.7 Å². The third-order valence-corrected chi connectivity index (χ3v) is 7.39. The fourth-order valence-electron chi connectivity index (χ4n) is 4.31. The predicted octanol–water partition coefficient (Wildman–Crippen LogP) is -5.32. The van der Waals surface area contributed by atoms with E-state index in [-0.39, 0.29) is 5.82 Å². The van der Waals surface area contributed by atoms with Gasteiger partial charge in [0.1, 0.15) is 42.4 Å². The molecule has 1 amide bonds. The second-order valence-corrected chi connectivity index (χ2v) is 10.7. The lowest BCUT2D eigenvalue weighted by molar-refractivity contribution is -0.289. The van der Waals surface area contributed by atoms with Crippen LogP contribution in [-0.2, 0) is 32.7 Å². The topological polar surface area (TPSA) is 323 Å². The second kappa shape index (κ2) is 13.3. The minimum Gasteiger partial charge on any atom is -0.477 e. The largest absolute Gasteiger partial charge is 0.477 e. The van der Waals surface area contributed by atoms with Gasteiger partial charge in [-0.3, -0.25) is 13.9 Å². The molecule has 0 spiro atoms. The highest BCUT2D eigenvalue weighted by molar-refractivity contribution is 7.47. The third-order valence-electron chi connectivity index (χ3n) is 6.39. The highest BCUT2D eigenvalue weighted by Crippen LogP contribution is 2.51. The summed E-state index contributed by atoms with van der Waals surface area (Å²) in [4.78, 5) is 49.6. The Balaban J connectivity index is 1.79. The van der Waals surface area contributed by atoms with Crippen molar-refractivity contribution in [2.75, 3.05) is 25.6 Å². The fraction of sp³-hybridized carbons (Fsp3) is 0.700. The molecule has 11 atom stereocenters. The van der Waals surface area contributed by atoms with E-state index in [1.165, 1.54) is 6.07 Å². The van der Waals surface area contributed by atoms with Crippen LogP contribution in [0.15, 0.2) is 17.1 Å². The number of hydrogen-bond acceptors (Lipinski definition) is 16. The van der Waals surface area contributed by atoms with E-state index in [9.17, 15) is 58.9 Å². The normalized spacial score (nSPS) is 34.3. The molecule has 22 heteroatoms. The van der Waals surface area contributed by atoms with E-state index in [2.05, 4.69) is 4.98 Å². The van der Waals surface area contributed by atoms with E-state index in [0.717, 1.165) is 10.8 Å². The Kier molecular flexibility index (Phi) is 10.7. The van der Waals surface area contributed by atoms with E-state index >= 15 is 0 Å². The van der Waals surface area contributed by atoms with Gasteiger partial charge >= 0.3 is 19.5 Å². The first kappa shape index (κ1) is 33.8. The van der Waals surface area contributed by atoms with Crippen LogP contribution in [-0.4, -0.2) is 137 Å². The van der Waals surface area contributed by atoms with Crippen molar-refractivity contribution in [2.45, 2.75) is 67.2 Å². The highest BCUT2D eigenvalue weighted by Gasteiger charge is 2.59. The molecule has 0 saturated carbocycles. The van der Waals surface area contributed by atoms with Gasteiger partial charge in [-0.25, -0.2) is 23.1 Å². The lowest BCUT2D eigenvalue weighted by atomic mass is 9.88. The molecule has 11 N–H and O–H groups in total. The summed E-state index contributed by atoms with van der Waals surface area (Å²) in [5.41, 5.74) is 4.43. The molecular formula is C20H30FN4O16P. The summed E-state index contributed by atoms with van der Waals surface area (Å²) in [6, 6.07) is -0.615. The molecule has 3 rings (SSSR count). The number of ether oxygens (including phenoxy) is 2. The average molecular weight is 631 g/mol. The molecule has 0 bridgehead atoms. The number of phosphoric ester groups is 1. The zero-order valence-corrected chi connectivity index (χ0v) is 22.2. The molecule has 0 aliphatic carbocycles. The number of aliphatic hydroxyl groups excluding tert-OH is 6. The van der Waals surface area contributed by atoms with Gasteiger partial charge in [-0.1, -0.05) is 0 Å². The number of halogens is 1. The number of nitrogens with one attached hydrogen (secondary N) is 1. The van der Waals surface area contributed by atoms with Crippen LogP contribution in [0.3, 0.4) is 0 Å². The summed E-state index contributed by atoms with van der Waals surface area (Å²) in [7, 11) is -5.58. The smallest absolute Gasteiger partial charge is 0.475 e. The van der Waals surface area contributed by atoms with Gasteiger partial charge < -0.3 is 61.2 Å². The van der Waals surface area contributed by atoms with Crippen molar-refractivity contribution in [3.63, 3.8) is 0 Å². The van der Waals surface area contributed by atoms with E-state index < -0.39 is 112 Å². The van der Waals surface area contributed by atoms with Crippen LogP contribution in [0.25, 0.3) is 0 Å². The number of hydrogen-bond donors (Lipinski definition) is 10. The van der Waals surface area contributed by atoms with Crippen molar-refractivity contribution in [3.8, 4) is 0 Å². The number of amides is 1. The van der Waals surface area contributed by atoms with Gasteiger partial charge in [-0.15, -0.1) is 0 Å². The van der Waals surface area contributed by atoms with Gasteiger partial charge in [0.05, 0.1) is 25.4 Å². The maximum atomic E-state index is 12.8. The molecule has 3 heterocycles. The van der Waals surface area contributed by atoms with Gasteiger partial charge in [-0.2, -0.15) is 4.98 Å². The lowest BCUT2D eigenvalue weighted by Gasteiger charge is -2.46. The van der Waals surface area contributed by atoms with E-state index in [4.69, 9.17) is 29.4 Å². The summed E-state index contributed by atoms with van der Waals surface area (Å²) >= 11 is 0. The van der Waals surface area contributed by atoms with Crippen molar-refractivity contribution in [3.05, 3.63) is 22.7 Å². The van der Waals surface area contributed by atoms with Crippen LogP contribution in [0.2, 0.25) is 0 Å². The number of rotatable bonds is 12. The molecule has 0 aromatic carbocycles. The highest BCUT2D eigenvalue weighted by atomic mass is 31.2. The number of nitrogen functional groups attached to an aromatic ring is 1. The summed E-state index contributed by atoms with van der Waals surface area (Å²) in [5, 5.41) is 72.3. The van der Waals surface area contributed by atoms with Crippen LogP contribution in [0.4, 0.5) is 10.2 Å².